The molecule has 1 heterocycles. The van der Waals surface area contributed by atoms with Crippen LogP contribution >= 0.6 is 0 Å². The van der Waals surface area contributed by atoms with Crippen molar-refractivity contribution in [1.82, 2.24) is 0 Å². The Morgan fingerprint density at radius 2 is 1.89 bits per heavy atom. The average Bonchev–Trinajstić information content (AvgIpc) is 2.24. The molecule has 0 N–H and O–H groups in total. The van der Waals surface area contributed by atoms with Gasteiger partial charge in [-0.3, -0.25) is 0 Å². The number of benzene rings is 1. The van der Waals surface area contributed by atoms with Gasteiger partial charge in [0.05, 0.1) is 0 Å². The standard InChI is InChI=1S/C17H24O2/c1-11(18)7-8-12-9-13(16(2,3)4)15-14(10-12)17(5,6)19-15/h9-10H,7-8H2,1-6H3. The number of aryl methyl sites for hydroxylation is 1. The summed E-state index contributed by atoms with van der Waals surface area (Å²) in [6.45, 7) is 12.4. The van der Waals surface area contributed by atoms with E-state index in [1.165, 1.54) is 16.7 Å². The van der Waals surface area contributed by atoms with Crippen molar-refractivity contribution in [3.05, 3.63) is 28.8 Å². The highest BCUT2D eigenvalue weighted by Gasteiger charge is 2.40. The number of Topliss-reactive ketones (excluding diaryl/α,β-unsaturated/α-hetero) is 1. The van der Waals surface area contributed by atoms with Crippen LogP contribution in [0.1, 0.15) is 64.7 Å². The van der Waals surface area contributed by atoms with Crippen molar-refractivity contribution < 1.29 is 9.53 Å². The largest absolute Gasteiger partial charge is 0.482 e. The first kappa shape index (κ1) is 14.1. The summed E-state index contributed by atoms with van der Waals surface area (Å²) < 4.78 is 5.94. The van der Waals surface area contributed by atoms with Gasteiger partial charge < -0.3 is 9.53 Å². The molecule has 0 atom stereocenters. The van der Waals surface area contributed by atoms with Crippen molar-refractivity contribution in [2.45, 2.75) is 65.4 Å². The van der Waals surface area contributed by atoms with Gasteiger partial charge in [-0.2, -0.15) is 0 Å². The Morgan fingerprint density at radius 1 is 1.26 bits per heavy atom. The maximum Gasteiger partial charge on any atom is 0.132 e. The second kappa shape index (κ2) is 4.36. The maximum atomic E-state index is 11.2. The van der Waals surface area contributed by atoms with E-state index in [1.807, 2.05) is 0 Å². The molecule has 0 bridgehead atoms. The molecule has 1 aliphatic rings. The molecule has 1 aromatic rings. The molecule has 0 amide bonds. The highest BCUT2D eigenvalue weighted by molar-refractivity contribution is 5.75. The fourth-order valence-corrected chi connectivity index (χ4v) is 2.53. The van der Waals surface area contributed by atoms with Gasteiger partial charge in [-0.05, 0) is 44.2 Å². The van der Waals surface area contributed by atoms with Crippen LogP contribution < -0.4 is 4.74 Å². The summed E-state index contributed by atoms with van der Waals surface area (Å²) >= 11 is 0. The molecule has 104 valence electrons. The van der Waals surface area contributed by atoms with Gasteiger partial charge in [0.25, 0.3) is 0 Å². The van der Waals surface area contributed by atoms with Crippen LogP contribution in [0.25, 0.3) is 0 Å². The summed E-state index contributed by atoms with van der Waals surface area (Å²) in [5.74, 6) is 1.29. The fraction of sp³-hybridized carbons (Fsp3) is 0.588. The Balaban J connectivity index is 2.42. The zero-order chi connectivity index (χ0) is 14.4. The molecule has 2 nitrogen and oxygen atoms in total. The molecule has 2 heteroatoms. The summed E-state index contributed by atoms with van der Waals surface area (Å²) in [6.07, 6.45) is 1.44. The summed E-state index contributed by atoms with van der Waals surface area (Å²) in [6, 6.07) is 4.41. The van der Waals surface area contributed by atoms with Crippen molar-refractivity contribution in [2.75, 3.05) is 0 Å². The molecule has 1 aliphatic heterocycles. The molecule has 0 saturated heterocycles. The number of ketones is 1. The van der Waals surface area contributed by atoms with E-state index in [9.17, 15) is 4.79 Å². The summed E-state index contributed by atoms with van der Waals surface area (Å²) in [5.41, 5.74) is 3.64. The van der Waals surface area contributed by atoms with Crippen LogP contribution in [0, 0.1) is 0 Å². The zero-order valence-electron chi connectivity index (χ0n) is 12.9. The minimum absolute atomic E-state index is 0.0623. The normalized spacial score (nSPS) is 16.3. The van der Waals surface area contributed by atoms with Crippen LogP contribution in [0.3, 0.4) is 0 Å². The molecule has 0 unspecified atom stereocenters. The molecule has 0 fully saturated rings. The fourth-order valence-electron chi connectivity index (χ4n) is 2.53. The molecule has 2 rings (SSSR count). The first-order valence-electron chi connectivity index (χ1n) is 6.97. The third-order valence-corrected chi connectivity index (χ3v) is 3.73. The third-order valence-electron chi connectivity index (χ3n) is 3.73. The molecule has 0 radical (unpaired) electrons. The molecule has 0 aromatic heterocycles. The van der Waals surface area contributed by atoms with E-state index in [0.717, 1.165) is 12.2 Å². The number of hydrogen-bond acceptors (Lipinski definition) is 2. The lowest BCUT2D eigenvalue weighted by Crippen LogP contribution is -2.37. The van der Waals surface area contributed by atoms with Gasteiger partial charge >= 0.3 is 0 Å². The SMILES string of the molecule is CC(=O)CCc1cc(C(C)(C)C)c2c(c1)C(C)(C)O2. The van der Waals surface area contributed by atoms with Crippen molar-refractivity contribution in [3.63, 3.8) is 0 Å². The Hall–Kier alpha value is -1.31. The molecule has 0 aliphatic carbocycles. The highest BCUT2D eigenvalue weighted by Crippen LogP contribution is 2.49. The van der Waals surface area contributed by atoms with Crippen LogP contribution in [-0.4, -0.2) is 5.78 Å². The van der Waals surface area contributed by atoms with Gasteiger partial charge in [-0.15, -0.1) is 0 Å². The van der Waals surface area contributed by atoms with E-state index in [1.54, 1.807) is 6.92 Å². The smallest absolute Gasteiger partial charge is 0.132 e. The van der Waals surface area contributed by atoms with Gasteiger partial charge in [-0.1, -0.05) is 26.8 Å². The number of carbonyl (C=O) groups excluding carboxylic acids is 1. The first-order chi connectivity index (χ1) is 8.61. The maximum absolute atomic E-state index is 11.2. The third kappa shape index (κ3) is 2.68. The number of rotatable bonds is 3. The quantitative estimate of drug-likeness (QED) is 0.816. The number of fused-ring (bicyclic) bond motifs is 1. The minimum Gasteiger partial charge on any atom is -0.482 e. The van der Waals surface area contributed by atoms with Gasteiger partial charge in [0.1, 0.15) is 17.1 Å². The van der Waals surface area contributed by atoms with Gasteiger partial charge in [-0.25, -0.2) is 0 Å². The predicted octanol–water partition coefficient (Wildman–Crippen LogP) is 4.13. The Bertz CT molecular complexity index is 519. The Labute approximate surface area is 116 Å². The second-order valence-electron chi connectivity index (χ2n) is 7.08. The predicted molar refractivity (Wildman–Crippen MR) is 77.8 cm³/mol. The Kier molecular flexibility index (Phi) is 3.24. The molecule has 19 heavy (non-hydrogen) atoms. The monoisotopic (exact) mass is 260 g/mol. The van der Waals surface area contributed by atoms with Crippen LogP contribution in [-0.2, 0) is 22.2 Å². The van der Waals surface area contributed by atoms with Crippen LogP contribution in [0.15, 0.2) is 12.1 Å². The highest BCUT2D eigenvalue weighted by atomic mass is 16.5. The lowest BCUT2D eigenvalue weighted by atomic mass is 9.78. The Morgan fingerprint density at radius 3 is 2.37 bits per heavy atom. The topological polar surface area (TPSA) is 26.3 Å². The lowest BCUT2D eigenvalue weighted by Gasteiger charge is -2.42. The van der Waals surface area contributed by atoms with Crippen molar-refractivity contribution >= 4 is 5.78 Å². The van der Waals surface area contributed by atoms with E-state index in [0.29, 0.717) is 6.42 Å². The summed E-state index contributed by atoms with van der Waals surface area (Å²) in [4.78, 5) is 11.2. The van der Waals surface area contributed by atoms with Crippen LogP contribution in [0.4, 0.5) is 0 Å². The molecular formula is C17H24O2. The first-order valence-corrected chi connectivity index (χ1v) is 6.97. The van der Waals surface area contributed by atoms with Gasteiger partial charge in [0, 0.05) is 17.5 Å². The number of carbonyl (C=O) groups is 1. The van der Waals surface area contributed by atoms with Gasteiger partial charge in [0.2, 0.25) is 0 Å². The number of hydrogen-bond donors (Lipinski definition) is 0. The molecular weight excluding hydrogens is 236 g/mol. The zero-order valence-corrected chi connectivity index (χ0v) is 12.9. The second-order valence-corrected chi connectivity index (χ2v) is 7.08. The van der Waals surface area contributed by atoms with Crippen molar-refractivity contribution in [3.8, 4) is 5.75 Å². The lowest BCUT2D eigenvalue weighted by molar-refractivity contribution is -0.116. The molecule has 1 aromatic carbocycles. The van der Waals surface area contributed by atoms with Crippen LogP contribution in [0.2, 0.25) is 0 Å². The van der Waals surface area contributed by atoms with Crippen molar-refractivity contribution in [2.24, 2.45) is 0 Å². The van der Waals surface area contributed by atoms with Crippen LogP contribution in [0.5, 0.6) is 5.75 Å². The molecule has 0 saturated carbocycles. The molecule has 0 spiro atoms. The van der Waals surface area contributed by atoms with E-state index in [2.05, 4.69) is 46.8 Å². The summed E-state index contributed by atoms with van der Waals surface area (Å²) in [5, 5.41) is 0. The van der Waals surface area contributed by atoms with E-state index in [4.69, 9.17) is 4.74 Å². The summed E-state index contributed by atoms with van der Waals surface area (Å²) in [7, 11) is 0. The van der Waals surface area contributed by atoms with E-state index in [-0.39, 0.29) is 16.8 Å². The van der Waals surface area contributed by atoms with E-state index < -0.39 is 0 Å². The van der Waals surface area contributed by atoms with E-state index >= 15 is 0 Å². The number of ether oxygens (including phenoxy) is 1. The minimum atomic E-state index is -0.193. The van der Waals surface area contributed by atoms with Crippen molar-refractivity contribution in [1.29, 1.82) is 0 Å². The van der Waals surface area contributed by atoms with Gasteiger partial charge in [0.15, 0.2) is 0 Å². The average molecular weight is 260 g/mol.